The van der Waals surface area contributed by atoms with Crippen molar-refractivity contribution in [3.05, 3.63) is 65.2 Å². The molecule has 1 fully saturated rings. The quantitative estimate of drug-likeness (QED) is 0.628. The second kappa shape index (κ2) is 9.02. The molecule has 8 nitrogen and oxygen atoms in total. The standard InChI is InChI=1S/C24H26N4O4/c29-23-21(18-7-3-4-8-19(18)27-23)22-17-6-2-1-5-16(17)20(32-22)15-26-24(30)25-9-10-28-11-13-31-14-12-28/h1-8,20H,9-15H2,(H,27,29)(H2,25,26,30)/b22-21-. The van der Waals surface area contributed by atoms with Crippen LogP contribution in [0.2, 0.25) is 0 Å². The Morgan fingerprint density at radius 2 is 1.78 bits per heavy atom. The summed E-state index contributed by atoms with van der Waals surface area (Å²) in [6.45, 7) is 4.94. The molecule has 3 aliphatic heterocycles. The highest BCUT2D eigenvalue weighted by Gasteiger charge is 2.36. The van der Waals surface area contributed by atoms with E-state index in [-0.39, 0.29) is 18.0 Å². The van der Waals surface area contributed by atoms with Crippen molar-refractivity contribution < 1.29 is 19.1 Å². The van der Waals surface area contributed by atoms with E-state index in [0.29, 0.717) is 24.4 Å². The molecule has 2 aromatic rings. The van der Waals surface area contributed by atoms with Gasteiger partial charge in [-0.3, -0.25) is 9.69 Å². The zero-order valence-corrected chi connectivity index (χ0v) is 17.7. The highest BCUT2D eigenvalue weighted by atomic mass is 16.5. The number of hydrogen-bond acceptors (Lipinski definition) is 5. The molecule has 1 saturated heterocycles. The molecule has 3 N–H and O–H groups in total. The van der Waals surface area contributed by atoms with Gasteiger partial charge in [-0.05, 0) is 6.07 Å². The third-order valence-electron chi connectivity index (χ3n) is 5.98. The molecule has 0 radical (unpaired) electrons. The summed E-state index contributed by atoms with van der Waals surface area (Å²) in [5.41, 5.74) is 3.99. The summed E-state index contributed by atoms with van der Waals surface area (Å²) in [6, 6.07) is 15.1. The van der Waals surface area contributed by atoms with Crippen LogP contribution in [0.3, 0.4) is 0 Å². The molecule has 5 rings (SSSR count). The molecule has 3 aliphatic rings. The molecule has 32 heavy (non-hydrogen) atoms. The highest BCUT2D eigenvalue weighted by molar-refractivity contribution is 6.36. The number of fused-ring (bicyclic) bond motifs is 2. The van der Waals surface area contributed by atoms with Gasteiger partial charge in [0.05, 0.1) is 25.3 Å². The van der Waals surface area contributed by atoms with Crippen LogP contribution >= 0.6 is 0 Å². The van der Waals surface area contributed by atoms with Crippen molar-refractivity contribution in [2.45, 2.75) is 6.10 Å². The number of para-hydroxylation sites is 1. The lowest BCUT2D eigenvalue weighted by molar-refractivity contribution is -0.110. The van der Waals surface area contributed by atoms with Crippen LogP contribution in [0.1, 0.15) is 22.8 Å². The SMILES string of the molecule is O=C(NCCN1CCOCC1)NCC1O/C(=C2\C(=O)Nc3ccccc32)c2ccccc21. The summed E-state index contributed by atoms with van der Waals surface area (Å²) >= 11 is 0. The number of carbonyl (C=O) groups excluding carboxylic acids is 2. The van der Waals surface area contributed by atoms with Gasteiger partial charge < -0.3 is 25.4 Å². The van der Waals surface area contributed by atoms with Crippen LogP contribution in [0, 0.1) is 0 Å². The lowest BCUT2D eigenvalue weighted by Gasteiger charge is -2.26. The summed E-state index contributed by atoms with van der Waals surface area (Å²) in [6.07, 6.45) is -0.362. The Hall–Kier alpha value is -3.36. The van der Waals surface area contributed by atoms with Crippen LogP contribution < -0.4 is 16.0 Å². The van der Waals surface area contributed by atoms with Crippen LogP contribution in [-0.2, 0) is 14.3 Å². The van der Waals surface area contributed by atoms with Crippen molar-refractivity contribution in [2.24, 2.45) is 0 Å². The first-order valence-corrected chi connectivity index (χ1v) is 10.9. The van der Waals surface area contributed by atoms with Crippen molar-refractivity contribution in [3.8, 4) is 0 Å². The third-order valence-corrected chi connectivity index (χ3v) is 5.98. The smallest absolute Gasteiger partial charge is 0.314 e. The molecule has 3 amide bonds. The maximum absolute atomic E-state index is 12.7. The number of morpholine rings is 1. The minimum Gasteiger partial charge on any atom is -0.482 e. The van der Waals surface area contributed by atoms with Crippen molar-refractivity contribution in [1.29, 1.82) is 0 Å². The molecular formula is C24H26N4O4. The topological polar surface area (TPSA) is 91.9 Å². The average Bonchev–Trinajstić information content (AvgIpc) is 3.35. The van der Waals surface area contributed by atoms with Crippen molar-refractivity contribution >= 4 is 29.0 Å². The molecule has 8 heteroatoms. The predicted octanol–water partition coefficient (Wildman–Crippen LogP) is 2.21. The lowest BCUT2D eigenvalue weighted by atomic mass is 9.99. The van der Waals surface area contributed by atoms with Gasteiger partial charge in [0.1, 0.15) is 11.9 Å². The number of rotatable bonds is 5. The first-order valence-electron chi connectivity index (χ1n) is 10.9. The van der Waals surface area contributed by atoms with E-state index in [2.05, 4.69) is 20.9 Å². The highest BCUT2D eigenvalue weighted by Crippen LogP contribution is 2.45. The fourth-order valence-electron chi connectivity index (χ4n) is 4.34. The van der Waals surface area contributed by atoms with E-state index in [1.807, 2.05) is 48.5 Å². The Labute approximate surface area is 186 Å². The zero-order chi connectivity index (χ0) is 21.9. The van der Waals surface area contributed by atoms with Crippen molar-refractivity contribution in [1.82, 2.24) is 15.5 Å². The molecular weight excluding hydrogens is 408 g/mol. The van der Waals surface area contributed by atoms with Crippen LogP contribution in [0.25, 0.3) is 11.3 Å². The molecule has 1 atom stereocenters. The molecule has 166 valence electrons. The minimum atomic E-state index is -0.362. The van der Waals surface area contributed by atoms with Crippen LogP contribution in [0.15, 0.2) is 48.5 Å². The molecule has 3 heterocycles. The second-order valence-electron chi connectivity index (χ2n) is 7.99. The summed E-state index contributed by atoms with van der Waals surface area (Å²) in [5, 5.41) is 8.71. The lowest BCUT2D eigenvalue weighted by Crippen LogP contribution is -2.44. The van der Waals surface area contributed by atoms with E-state index < -0.39 is 0 Å². The summed E-state index contributed by atoms with van der Waals surface area (Å²) < 4.78 is 11.6. The zero-order valence-electron chi connectivity index (χ0n) is 17.7. The molecule has 0 aliphatic carbocycles. The molecule has 0 saturated carbocycles. The van der Waals surface area contributed by atoms with E-state index in [9.17, 15) is 9.59 Å². The Morgan fingerprint density at radius 3 is 2.62 bits per heavy atom. The van der Waals surface area contributed by atoms with E-state index in [1.54, 1.807) is 0 Å². The predicted molar refractivity (Wildman–Crippen MR) is 121 cm³/mol. The van der Waals surface area contributed by atoms with Gasteiger partial charge in [-0.2, -0.15) is 0 Å². The normalized spacial score (nSPS) is 22.0. The van der Waals surface area contributed by atoms with E-state index in [1.165, 1.54) is 0 Å². The van der Waals surface area contributed by atoms with Gasteiger partial charge in [0.25, 0.3) is 5.91 Å². The van der Waals surface area contributed by atoms with Crippen molar-refractivity contribution in [2.75, 3.05) is 51.3 Å². The van der Waals surface area contributed by atoms with E-state index >= 15 is 0 Å². The van der Waals surface area contributed by atoms with Crippen LogP contribution in [-0.4, -0.2) is 62.8 Å². The molecule has 0 aromatic heterocycles. The van der Waals surface area contributed by atoms with Crippen molar-refractivity contribution in [3.63, 3.8) is 0 Å². The maximum Gasteiger partial charge on any atom is 0.314 e. The van der Waals surface area contributed by atoms with Gasteiger partial charge in [0, 0.05) is 48.6 Å². The summed E-state index contributed by atoms with van der Waals surface area (Å²) in [7, 11) is 0. The van der Waals surface area contributed by atoms with Crippen LogP contribution in [0.4, 0.5) is 10.5 Å². The molecule has 2 aromatic carbocycles. The summed E-state index contributed by atoms with van der Waals surface area (Å²) in [5.74, 6) is 0.382. The first-order chi connectivity index (χ1) is 15.7. The Balaban J connectivity index is 1.25. The number of urea groups is 1. The number of nitrogens with zero attached hydrogens (tertiary/aromatic N) is 1. The number of anilines is 1. The van der Waals surface area contributed by atoms with E-state index in [0.717, 1.165) is 55.2 Å². The molecule has 0 bridgehead atoms. The monoisotopic (exact) mass is 434 g/mol. The largest absolute Gasteiger partial charge is 0.482 e. The average molecular weight is 434 g/mol. The number of ether oxygens (including phenoxy) is 2. The second-order valence-corrected chi connectivity index (χ2v) is 7.99. The Morgan fingerprint density at radius 1 is 1.03 bits per heavy atom. The van der Waals surface area contributed by atoms with Crippen LogP contribution in [0.5, 0.6) is 0 Å². The van der Waals surface area contributed by atoms with E-state index in [4.69, 9.17) is 9.47 Å². The third kappa shape index (κ3) is 4.06. The molecule has 0 spiro atoms. The fraction of sp³-hybridized carbons (Fsp3) is 0.333. The fourth-order valence-corrected chi connectivity index (χ4v) is 4.34. The van der Waals surface area contributed by atoms with Gasteiger partial charge in [-0.25, -0.2) is 4.79 Å². The minimum absolute atomic E-state index is 0.175. The van der Waals surface area contributed by atoms with Gasteiger partial charge in [0.15, 0.2) is 0 Å². The number of amides is 3. The summed E-state index contributed by atoms with van der Waals surface area (Å²) in [4.78, 5) is 27.3. The number of benzene rings is 2. The molecule has 1 unspecified atom stereocenters. The number of hydrogen-bond donors (Lipinski definition) is 3. The van der Waals surface area contributed by atoms with Gasteiger partial charge in [0.2, 0.25) is 0 Å². The maximum atomic E-state index is 12.7. The van der Waals surface area contributed by atoms with Gasteiger partial charge in [-0.1, -0.05) is 42.5 Å². The number of carbonyl (C=O) groups is 2. The number of nitrogens with one attached hydrogen (secondary N) is 3. The first kappa shape index (κ1) is 20.5. The Bertz CT molecular complexity index is 1060. The van der Waals surface area contributed by atoms with Gasteiger partial charge in [-0.15, -0.1) is 0 Å². The Kier molecular flexibility index (Phi) is 5.79. The van der Waals surface area contributed by atoms with Gasteiger partial charge >= 0.3 is 6.03 Å².